The van der Waals surface area contributed by atoms with E-state index in [1.807, 2.05) is 0 Å². The van der Waals surface area contributed by atoms with Crippen molar-refractivity contribution in [3.05, 3.63) is 0 Å². The largest absolute Gasteiger partial charge is 2.00 e. The van der Waals surface area contributed by atoms with Crippen LogP contribution in [0.3, 0.4) is 0 Å². The first-order valence-corrected chi connectivity index (χ1v) is 6.23. The topological polar surface area (TPSA) is 43.4 Å². The Balaban J connectivity index is -0.000000240. The molecule has 0 aromatic rings. The summed E-state index contributed by atoms with van der Waals surface area (Å²) < 4.78 is 35.1. The molecule has 0 spiro atoms. The van der Waals surface area contributed by atoms with Crippen LogP contribution in [0.4, 0.5) is 4.53 Å². The van der Waals surface area contributed by atoms with Crippen LogP contribution in [0.2, 0.25) is 0 Å². The van der Waals surface area contributed by atoms with Gasteiger partial charge < -0.3 is 2.85 Å². The molecule has 14 heavy (non-hydrogen) atoms. The minimum Gasteiger partial charge on any atom is -1.00 e. The van der Waals surface area contributed by atoms with E-state index in [1.165, 1.54) is 6.42 Å². The Morgan fingerprint density at radius 2 is 1.64 bits per heavy atom. The van der Waals surface area contributed by atoms with E-state index in [0.717, 1.165) is 25.7 Å². The molecular weight excluding hydrogens is 332 g/mol. The van der Waals surface area contributed by atoms with E-state index < -0.39 is 10.1 Å². The fourth-order valence-electron chi connectivity index (χ4n) is 1.09. The van der Waals surface area contributed by atoms with Crippen LogP contribution in [0.5, 0.6) is 0 Å². The van der Waals surface area contributed by atoms with Crippen LogP contribution in [-0.4, -0.2) is 63.1 Å². The summed E-state index contributed by atoms with van der Waals surface area (Å²) in [5.41, 5.74) is 0. The predicted octanol–water partition coefficient (Wildman–Crippen LogP) is 2.42. The summed E-state index contributed by atoms with van der Waals surface area (Å²) in [5, 5.41) is 0. The maximum absolute atomic E-state index is 11.3. The SMILES string of the molecule is CCCCCCCCS(=O)(=O)OF.[Ba+2].[H-].[H-]. The quantitative estimate of drug-likeness (QED) is 0.498. The van der Waals surface area contributed by atoms with Gasteiger partial charge in [-0.05, 0) is 10.9 Å². The minimum atomic E-state index is -3.88. The summed E-state index contributed by atoms with van der Waals surface area (Å²) in [6.07, 6.45) is 5.76. The molecule has 0 unspecified atom stereocenters. The van der Waals surface area contributed by atoms with Crippen molar-refractivity contribution in [2.24, 2.45) is 0 Å². The van der Waals surface area contributed by atoms with Gasteiger partial charge in [0.2, 0.25) is 0 Å². The van der Waals surface area contributed by atoms with Gasteiger partial charge in [-0.2, -0.15) is 8.42 Å². The molecule has 0 rings (SSSR count). The van der Waals surface area contributed by atoms with Gasteiger partial charge >= 0.3 is 48.9 Å². The third-order valence-electron chi connectivity index (χ3n) is 1.84. The van der Waals surface area contributed by atoms with Gasteiger partial charge in [0, 0.05) is 0 Å². The van der Waals surface area contributed by atoms with Crippen LogP contribution in [0.15, 0.2) is 0 Å². The first-order chi connectivity index (χ1) is 6.12. The van der Waals surface area contributed by atoms with E-state index in [-0.39, 0.29) is 57.5 Å². The second-order valence-corrected chi connectivity index (χ2v) is 4.74. The average molecular weight is 352 g/mol. The smallest absolute Gasteiger partial charge is 1.00 e. The molecule has 0 amide bonds. The Morgan fingerprint density at radius 3 is 2.14 bits per heavy atom. The zero-order valence-electron chi connectivity index (χ0n) is 10.7. The summed E-state index contributed by atoms with van der Waals surface area (Å²) in [6.45, 7) is 2.11. The minimum absolute atomic E-state index is 0. The summed E-state index contributed by atoms with van der Waals surface area (Å²) in [6, 6.07) is 0. The van der Waals surface area contributed by atoms with Crippen molar-refractivity contribution in [2.45, 2.75) is 45.4 Å². The molecule has 0 fully saturated rings. The summed E-state index contributed by atoms with van der Waals surface area (Å²) >= 11 is 0. The molecular formula is C8H19BaFO3S. The van der Waals surface area contributed by atoms with Crippen LogP contribution in [0.25, 0.3) is 0 Å². The Morgan fingerprint density at radius 1 is 1.14 bits per heavy atom. The predicted molar refractivity (Wildman–Crippen MR) is 57.3 cm³/mol. The number of halogens is 1. The zero-order valence-corrected chi connectivity index (χ0v) is 13.9. The molecule has 84 valence electrons. The van der Waals surface area contributed by atoms with E-state index in [2.05, 4.69) is 11.3 Å². The maximum Gasteiger partial charge on any atom is 2.00 e. The standard InChI is InChI=1S/C8H17FO3S.Ba.2H/c1-2-3-4-5-6-7-8-13(10,11)12-9;;;/h2-8H2,1H3;;;/q;+2;2*-1. The van der Waals surface area contributed by atoms with Gasteiger partial charge in [0.15, 0.2) is 0 Å². The van der Waals surface area contributed by atoms with E-state index in [0.29, 0.717) is 6.42 Å². The molecule has 0 bridgehead atoms. The Kier molecular flexibility index (Phi) is 13.9. The van der Waals surface area contributed by atoms with Gasteiger partial charge in [-0.25, -0.2) is 0 Å². The van der Waals surface area contributed by atoms with Crippen molar-refractivity contribution < 1.29 is 20.2 Å². The van der Waals surface area contributed by atoms with Crippen molar-refractivity contribution in [3.63, 3.8) is 0 Å². The molecule has 0 heterocycles. The molecule has 0 saturated heterocycles. The second-order valence-electron chi connectivity index (χ2n) is 3.09. The molecule has 0 aliphatic carbocycles. The molecule has 0 aliphatic heterocycles. The van der Waals surface area contributed by atoms with Crippen LogP contribution >= 0.6 is 0 Å². The van der Waals surface area contributed by atoms with E-state index >= 15 is 0 Å². The van der Waals surface area contributed by atoms with E-state index in [1.54, 1.807) is 0 Å². The molecule has 6 heteroatoms. The molecule has 0 radical (unpaired) electrons. The molecule has 0 saturated carbocycles. The van der Waals surface area contributed by atoms with Gasteiger partial charge in [0.25, 0.3) is 10.1 Å². The van der Waals surface area contributed by atoms with Crippen molar-refractivity contribution in [1.82, 2.24) is 0 Å². The van der Waals surface area contributed by atoms with Gasteiger partial charge in [0.1, 0.15) is 0 Å². The fraction of sp³-hybridized carbons (Fsp3) is 1.00. The van der Waals surface area contributed by atoms with E-state index in [9.17, 15) is 12.9 Å². The summed E-state index contributed by atoms with van der Waals surface area (Å²) in [4.78, 5) is 0. The Hall–Kier alpha value is 1.41. The molecule has 0 atom stereocenters. The first kappa shape index (κ1) is 17.8. The number of hydrogen-bond acceptors (Lipinski definition) is 3. The van der Waals surface area contributed by atoms with Crippen molar-refractivity contribution >= 4 is 59.0 Å². The third kappa shape index (κ3) is 11.5. The number of unbranched alkanes of at least 4 members (excludes halogenated alkanes) is 5. The summed E-state index contributed by atoms with van der Waals surface area (Å²) in [7, 11) is -3.88. The van der Waals surface area contributed by atoms with Crippen LogP contribution in [-0.2, 0) is 14.5 Å². The van der Waals surface area contributed by atoms with Gasteiger partial charge in [-0.1, -0.05) is 43.4 Å². The Labute approximate surface area is 129 Å². The molecule has 0 aliphatic rings. The van der Waals surface area contributed by atoms with Crippen LogP contribution < -0.4 is 0 Å². The van der Waals surface area contributed by atoms with Crippen LogP contribution in [0.1, 0.15) is 48.3 Å². The maximum atomic E-state index is 11.3. The molecule has 3 nitrogen and oxygen atoms in total. The zero-order chi connectivity index (χ0) is 10.2. The normalized spacial score (nSPS) is 11.0. The monoisotopic (exact) mass is 352 g/mol. The van der Waals surface area contributed by atoms with Crippen molar-refractivity contribution in [3.8, 4) is 0 Å². The van der Waals surface area contributed by atoms with Gasteiger partial charge in [-0.15, -0.1) is 0 Å². The van der Waals surface area contributed by atoms with Gasteiger partial charge in [-0.3, -0.25) is 0 Å². The van der Waals surface area contributed by atoms with Gasteiger partial charge in [0.05, 0.1) is 5.75 Å². The Bertz CT molecular complexity index is 215. The van der Waals surface area contributed by atoms with Crippen LogP contribution in [0, 0.1) is 0 Å². The molecule has 0 aromatic carbocycles. The number of rotatable bonds is 8. The summed E-state index contributed by atoms with van der Waals surface area (Å²) in [5.74, 6) is -0.213. The molecule has 0 N–H and O–H groups in total. The van der Waals surface area contributed by atoms with Crippen molar-refractivity contribution in [1.29, 1.82) is 0 Å². The number of hydrogen-bond donors (Lipinski definition) is 0. The van der Waals surface area contributed by atoms with E-state index in [4.69, 9.17) is 0 Å². The van der Waals surface area contributed by atoms with Crippen molar-refractivity contribution in [2.75, 3.05) is 5.75 Å². The first-order valence-electron chi connectivity index (χ1n) is 4.65. The second kappa shape index (κ2) is 10.9. The third-order valence-corrected chi connectivity index (χ3v) is 2.82. The molecule has 0 aromatic heterocycles. The fourth-order valence-corrected chi connectivity index (χ4v) is 1.71. The average Bonchev–Trinajstić information content (AvgIpc) is 2.11.